The zero-order valence-electron chi connectivity index (χ0n) is 7.37. The lowest BCUT2D eigenvalue weighted by Gasteiger charge is -1.87. The van der Waals surface area contributed by atoms with Gasteiger partial charge in [-0.05, 0) is 31.8 Å². The smallest absolute Gasteiger partial charge is 0.00977 e. The quantitative estimate of drug-likeness (QED) is 0.474. The van der Waals surface area contributed by atoms with Crippen LogP contribution in [-0.2, 0) is 0 Å². The van der Waals surface area contributed by atoms with Crippen molar-refractivity contribution < 1.29 is 0 Å². The van der Waals surface area contributed by atoms with E-state index >= 15 is 0 Å². The third-order valence-corrected chi connectivity index (χ3v) is 1.68. The second kappa shape index (κ2) is 6.66. The minimum Gasteiger partial charge on any atom is -0.0844 e. The van der Waals surface area contributed by atoms with Crippen molar-refractivity contribution in [2.24, 2.45) is 0 Å². The van der Waals surface area contributed by atoms with Gasteiger partial charge in [-0.25, -0.2) is 0 Å². The van der Waals surface area contributed by atoms with Gasteiger partial charge in [-0.3, -0.25) is 0 Å². The monoisotopic (exact) mass is 159 g/mol. The molecule has 0 atom stereocenters. The van der Waals surface area contributed by atoms with Crippen LogP contribution in [0, 0.1) is 6.08 Å². The van der Waals surface area contributed by atoms with Gasteiger partial charge in [0.05, 0.1) is 0 Å². The number of hydrogen-bond acceptors (Lipinski definition) is 0. The normalized spacial score (nSPS) is 29.3. The van der Waals surface area contributed by atoms with Gasteiger partial charge >= 0.3 is 0 Å². The third-order valence-electron chi connectivity index (χ3n) is 1.68. The van der Waals surface area contributed by atoms with Crippen LogP contribution < -0.4 is 0 Å². The first-order chi connectivity index (χ1) is 6.00. The largest absolute Gasteiger partial charge is 0.0844 e. The number of allylic oxidation sites excluding steroid dienone is 8. The van der Waals surface area contributed by atoms with Gasteiger partial charge in [-0.15, -0.1) is 0 Å². The molecular weight excluding hydrogens is 144 g/mol. The van der Waals surface area contributed by atoms with Crippen molar-refractivity contribution in [2.45, 2.75) is 25.7 Å². The zero-order chi connectivity index (χ0) is 8.49. The van der Waals surface area contributed by atoms with Crippen LogP contribution in [0.15, 0.2) is 42.5 Å². The van der Waals surface area contributed by atoms with Gasteiger partial charge in [0, 0.05) is 0 Å². The van der Waals surface area contributed by atoms with E-state index in [-0.39, 0.29) is 0 Å². The molecule has 1 radical (unpaired) electrons. The summed E-state index contributed by atoms with van der Waals surface area (Å²) < 4.78 is 0. The van der Waals surface area contributed by atoms with Crippen molar-refractivity contribution in [1.29, 1.82) is 0 Å². The molecular formula is C12H15. The summed E-state index contributed by atoms with van der Waals surface area (Å²) in [6.07, 6.45) is 22.5. The van der Waals surface area contributed by atoms with E-state index in [0.717, 1.165) is 25.7 Å². The van der Waals surface area contributed by atoms with Gasteiger partial charge in [0.2, 0.25) is 0 Å². The Hall–Kier alpha value is -1.04. The van der Waals surface area contributed by atoms with E-state index in [4.69, 9.17) is 0 Å². The van der Waals surface area contributed by atoms with E-state index in [9.17, 15) is 0 Å². The maximum Gasteiger partial charge on any atom is -0.00977 e. The summed E-state index contributed by atoms with van der Waals surface area (Å²) in [5.74, 6) is 0. The van der Waals surface area contributed by atoms with E-state index in [1.807, 2.05) is 0 Å². The van der Waals surface area contributed by atoms with Crippen LogP contribution in [0.5, 0.6) is 0 Å². The van der Waals surface area contributed by atoms with Crippen LogP contribution in [-0.4, -0.2) is 0 Å². The SMILES string of the molecule is [C]1=C\C/C=C\C/C=C/C/C=C/C/1. The van der Waals surface area contributed by atoms with Crippen molar-refractivity contribution in [3.63, 3.8) is 0 Å². The van der Waals surface area contributed by atoms with Crippen molar-refractivity contribution >= 4 is 0 Å². The fourth-order valence-electron chi connectivity index (χ4n) is 1.02. The lowest BCUT2D eigenvalue weighted by molar-refractivity contribution is 1.21. The minimum absolute atomic E-state index is 0.946. The molecule has 0 saturated carbocycles. The molecule has 1 aliphatic rings. The molecule has 0 N–H and O–H groups in total. The molecule has 0 aromatic carbocycles. The Morgan fingerprint density at radius 3 is 2.00 bits per heavy atom. The second-order valence-corrected chi connectivity index (χ2v) is 2.73. The molecule has 1 rings (SSSR count). The molecule has 0 saturated heterocycles. The van der Waals surface area contributed by atoms with Gasteiger partial charge in [0.1, 0.15) is 0 Å². The number of rotatable bonds is 0. The van der Waals surface area contributed by atoms with E-state index in [1.165, 1.54) is 0 Å². The van der Waals surface area contributed by atoms with Crippen LogP contribution in [0.2, 0.25) is 0 Å². The van der Waals surface area contributed by atoms with Gasteiger partial charge in [0.15, 0.2) is 0 Å². The molecule has 0 bridgehead atoms. The summed E-state index contributed by atoms with van der Waals surface area (Å²) in [7, 11) is 0. The summed E-state index contributed by atoms with van der Waals surface area (Å²) in [4.78, 5) is 0. The molecule has 0 aromatic rings. The van der Waals surface area contributed by atoms with Crippen molar-refractivity contribution in [3.05, 3.63) is 48.6 Å². The Bertz CT molecular complexity index is 140. The maximum atomic E-state index is 3.22. The highest BCUT2D eigenvalue weighted by Gasteiger charge is 1.77. The first kappa shape index (κ1) is 9.05. The average molecular weight is 159 g/mol. The minimum atomic E-state index is 0.946. The van der Waals surface area contributed by atoms with E-state index in [0.29, 0.717) is 0 Å². The molecule has 0 fully saturated rings. The Labute approximate surface area is 75.0 Å². The molecule has 0 aromatic heterocycles. The van der Waals surface area contributed by atoms with Gasteiger partial charge < -0.3 is 0 Å². The topological polar surface area (TPSA) is 0 Å². The highest BCUT2D eigenvalue weighted by molar-refractivity contribution is 5.01. The van der Waals surface area contributed by atoms with E-state index < -0.39 is 0 Å². The first-order valence-electron chi connectivity index (χ1n) is 4.50. The molecule has 0 amide bonds. The maximum absolute atomic E-state index is 3.22. The molecule has 0 aliphatic heterocycles. The van der Waals surface area contributed by atoms with Crippen LogP contribution >= 0.6 is 0 Å². The van der Waals surface area contributed by atoms with Crippen LogP contribution in [0.3, 0.4) is 0 Å². The predicted molar refractivity (Wildman–Crippen MR) is 53.7 cm³/mol. The Balaban J connectivity index is 2.40. The summed E-state index contributed by atoms with van der Waals surface area (Å²) in [5.41, 5.74) is 0. The van der Waals surface area contributed by atoms with Crippen molar-refractivity contribution in [2.75, 3.05) is 0 Å². The summed E-state index contributed by atoms with van der Waals surface area (Å²) in [6, 6.07) is 0. The predicted octanol–water partition coefficient (Wildman–Crippen LogP) is 3.59. The lowest BCUT2D eigenvalue weighted by atomic mass is 10.2. The standard InChI is InChI=1S/C12H15/c1-2-4-6-8-10-12-11-9-7-5-3-1/h1-2,5-8,11H,3-4,9-10H2/b2-1+,7-5-,8-6+,12-11?. The zero-order valence-corrected chi connectivity index (χ0v) is 7.37. The van der Waals surface area contributed by atoms with Crippen molar-refractivity contribution in [3.8, 4) is 0 Å². The average Bonchev–Trinajstić information content (AvgIpc) is 2.05. The molecule has 0 spiro atoms. The van der Waals surface area contributed by atoms with Crippen LogP contribution in [0.4, 0.5) is 0 Å². The summed E-state index contributed by atoms with van der Waals surface area (Å²) >= 11 is 0. The summed E-state index contributed by atoms with van der Waals surface area (Å²) in [5, 5.41) is 0. The fourth-order valence-corrected chi connectivity index (χ4v) is 1.02. The molecule has 0 heteroatoms. The van der Waals surface area contributed by atoms with Gasteiger partial charge in [-0.2, -0.15) is 0 Å². The Kier molecular flexibility index (Phi) is 5.02. The highest BCUT2D eigenvalue weighted by Crippen LogP contribution is 1.97. The van der Waals surface area contributed by atoms with Gasteiger partial charge in [-0.1, -0.05) is 42.5 Å². The van der Waals surface area contributed by atoms with Gasteiger partial charge in [0.25, 0.3) is 0 Å². The van der Waals surface area contributed by atoms with Crippen LogP contribution in [0.1, 0.15) is 25.7 Å². The fraction of sp³-hybridized carbons (Fsp3) is 0.333. The number of hydrogen-bond donors (Lipinski definition) is 0. The molecule has 0 heterocycles. The Morgan fingerprint density at radius 1 is 0.667 bits per heavy atom. The first-order valence-corrected chi connectivity index (χ1v) is 4.50. The molecule has 12 heavy (non-hydrogen) atoms. The summed E-state index contributed by atoms with van der Waals surface area (Å²) in [6.45, 7) is 0. The third kappa shape index (κ3) is 4.73. The van der Waals surface area contributed by atoms with Crippen molar-refractivity contribution in [1.82, 2.24) is 0 Å². The van der Waals surface area contributed by atoms with Crippen LogP contribution in [0.25, 0.3) is 0 Å². The molecule has 0 unspecified atom stereocenters. The second-order valence-electron chi connectivity index (χ2n) is 2.73. The Morgan fingerprint density at radius 2 is 1.25 bits per heavy atom. The van der Waals surface area contributed by atoms with E-state index in [1.54, 1.807) is 0 Å². The molecule has 63 valence electrons. The van der Waals surface area contributed by atoms with E-state index in [2.05, 4.69) is 48.6 Å². The molecule has 0 nitrogen and oxygen atoms in total. The molecule has 1 aliphatic carbocycles. The lowest BCUT2D eigenvalue weighted by Crippen LogP contribution is -1.67. The highest BCUT2D eigenvalue weighted by atomic mass is 13.8.